The third-order valence-corrected chi connectivity index (χ3v) is 3.66. The molecule has 1 aliphatic carbocycles. The summed E-state index contributed by atoms with van der Waals surface area (Å²) in [6.07, 6.45) is 4.70. The van der Waals surface area contributed by atoms with Crippen LogP contribution in [0.3, 0.4) is 0 Å². The molecule has 0 radical (unpaired) electrons. The number of ether oxygens (including phenoxy) is 1. The van der Waals surface area contributed by atoms with Crippen LogP contribution in [-0.4, -0.2) is 35.8 Å². The number of rotatable bonds is 4. The number of amides is 2. The lowest BCUT2D eigenvalue weighted by atomic mass is 9.81. The van der Waals surface area contributed by atoms with Crippen LogP contribution in [0.15, 0.2) is 12.7 Å². The van der Waals surface area contributed by atoms with E-state index in [-0.39, 0.29) is 38.2 Å². The molecule has 18 heavy (non-hydrogen) atoms. The SMILES string of the molecule is C=CC(=O)OCCN1C(=O)C2CCCCC2C1=O.[HH]. The van der Waals surface area contributed by atoms with Crippen LogP contribution in [-0.2, 0) is 19.1 Å². The summed E-state index contributed by atoms with van der Waals surface area (Å²) in [5.41, 5.74) is 0. The Hall–Kier alpha value is -1.65. The number of nitrogens with zero attached hydrogens (tertiary/aromatic N) is 1. The lowest BCUT2D eigenvalue weighted by Gasteiger charge is -2.19. The number of carbonyl (C=O) groups is 3. The minimum Gasteiger partial charge on any atom is -0.461 e. The Bertz CT molecular complexity index is 372. The fourth-order valence-corrected chi connectivity index (χ4v) is 2.75. The van der Waals surface area contributed by atoms with E-state index in [4.69, 9.17) is 4.74 Å². The fourth-order valence-electron chi connectivity index (χ4n) is 2.75. The Labute approximate surface area is 107 Å². The molecular formula is C13H19NO4. The first-order chi connectivity index (χ1) is 8.65. The molecule has 100 valence electrons. The number of likely N-dealkylation sites (tertiary alicyclic amines) is 1. The van der Waals surface area contributed by atoms with Gasteiger partial charge < -0.3 is 4.74 Å². The highest BCUT2D eigenvalue weighted by atomic mass is 16.5. The third kappa shape index (κ3) is 2.30. The Kier molecular flexibility index (Phi) is 3.79. The molecule has 1 heterocycles. The van der Waals surface area contributed by atoms with E-state index in [0.717, 1.165) is 31.8 Å². The van der Waals surface area contributed by atoms with Crippen molar-refractivity contribution < 1.29 is 20.5 Å². The van der Waals surface area contributed by atoms with E-state index in [1.54, 1.807) is 0 Å². The highest BCUT2D eigenvalue weighted by molar-refractivity contribution is 6.05. The molecule has 5 heteroatoms. The highest BCUT2D eigenvalue weighted by Gasteiger charge is 2.47. The number of hydrogen-bond acceptors (Lipinski definition) is 4. The van der Waals surface area contributed by atoms with Gasteiger partial charge in [0.2, 0.25) is 11.8 Å². The summed E-state index contributed by atoms with van der Waals surface area (Å²) in [6.45, 7) is 3.48. The molecule has 2 rings (SSSR count). The van der Waals surface area contributed by atoms with E-state index in [1.165, 1.54) is 4.90 Å². The van der Waals surface area contributed by atoms with Crippen molar-refractivity contribution >= 4 is 17.8 Å². The van der Waals surface area contributed by atoms with Gasteiger partial charge in [-0.2, -0.15) is 0 Å². The molecule has 0 aromatic rings. The molecule has 0 bridgehead atoms. The lowest BCUT2D eigenvalue weighted by molar-refractivity contribution is -0.145. The predicted molar refractivity (Wildman–Crippen MR) is 65.4 cm³/mol. The van der Waals surface area contributed by atoms with Gasteiger partial charge in [0.25, 0.3) is 0 Å². The lowest BCUT2D eigenvalue weighted by Crippen LogP contribution is -2.34. The van der Waals surface area contributed by atoms with Crippen LogP contribution in [0.1, 0.15) is 27.1 Å². The fraction of sp³-hybridized carbons (Fsp3) is 0.615. The molecule has 1 saturated heterocycles. The van der Waals surface area contributed by atoms with Crippen molar-refractivity contribution in [2.75, 3.05) is 13.2 Å². The topological polar surface area (TPSA) is 63.7 Å². The summed E-state index contributed by atoms with van der Waals surface area (Å²) in [4.78, 5) is 36.2. The molecule has 2 aliphatic rings. The molecule has 0 N–H and O–H groups in total. The van der Waals surface area contributed by atoms with Gasteiger partial charge in [0.05, 0.1) is 18.4 Å². The van der Waals surface area contributed by atoms with Crippen molar-refractivity contribution in [3.63, 3.8) is 0 Å². The Morgan fingerprint density at radius 3 is 2.39 bits per heavy atom. The quantitative estimate of drug-likeness (QED) is 0.428. The second-order valence-electron chi connectivity index (χ2n) is 4.70. The van der Waals surface area contributed by atoms with Gasteiger partial charge >= 0.3 is 5.97 Å². The van der Waals surface area contributed by atoms with Gasteiger partial charge in [0.15, 0.2) is 0 Å². The van der Waals surface area contributed by atoms with Gasteiger partial charge in [-0.05, 0) is 12.8 Å². The van der Waals surface area contributed by atoms with Gasteiger partial charge in [-0.25, -0.2) is 4.79 Å². The second-order valence-corrected chi connectivity index (χ2v) is 4.70. The van der Waals surface area contributed by atoms with E-state index in [0.29, 0.717) is 0 Å². The highest BCUT2D eigenvalue weighted by Crippen LogP contribution is 2.37. The number of fused-ring (bicyclic) bond motifs is 1. The molecule has 0 aromatic carbocycles. The minimum absolute atomic E-state index is 0. The Morgan fingerprint density at radius 1 is 1.33 bits per heavy atom. The summed E-state index contributed by atoms with van der Waals surface area (Å²) in [6, 6.07) is 0. The molecule has 2 atom stereocenters. The van der Waals surface area contributed by atoms with Gasteiger partial charge in [0, 0.05) is 7.50 Å². The van der Waals surface area contributed by atoms with Crippen molar-refractivity contribution in [2.24, 2.45) is 11.8 Å². The second kappa shape index (κ2) is 5.33. The van der Waals surface area contributed by atoms with Gasteiger partial charge in [-0.3, -0.25) is 14.5 Å². The minimum atomic E-state index is -0.536. The molecule has 2 unspecified atom stereocenters. The Balaban J connectivity index is 0.00000180. The van der Waals surface area contributed by atoms with E-state index in [1.807, 2.05) is 0 Å². The normalized spacial score (nSPS) is 27.0. The smallest absolute Gasteiger partial charge is 0.330 e. The number of imide groups is 1. The average Bonchev–Trinajstić information content (AvgIpc) is 2.64. The molecular weight excluding hydrogens is 234 g/mol. The van der Waals surface area contributed by atoms with Crippen molar-refractivity contribution in [3.8, 4) is 0 Å². The molecule has 2 amide bonds. The summed E-state index contributed by atoms with van der Waals surface area (Å²) >= 11 is 0. The number of carbonyl (C=O) groups excluding carboxylic acids is 3. The standard InChI is InChI=1S/C13H17NO4.H2/c1-2-11(15)18-8-7-14-12(16)9-5-3-4-6-10(9)13(14)17;/h2,9-10H,1,3-8H2;1H. The summed E-state index contributed by atoms with van der Waals surface area (Å²) < 4.78 is 4.80. The molecule has 2 fully saturated rings. The van der Waals surface area contributed by atoms with Gasteiger partial charge in [0.1, 0.15) is 6.61 Å². The maximum Gasteiger partial charge on any atom is 0.330 e. The van der Waals surface area contributed by atoms with E-state index in [2.05, 4.69) is 6.58 Å². The van der Waals surface area contributed by atoms with Crippen LogP contribution >= 0.6 is 0 Å². The maximum absolute atomic E-state index is 12.0. The van der Waals surface area contributed by atoms with Gasteiger partial charge in [-0.1, -0.05) is 19.4 Å². The first-order valence-electron chi connectivity index (χ1n) is 6.29. The zero-order valence-electron chi connectivity index (χ0n) is 10.3. The van der Waals surface area contributed by atoms with E-state index in [9.17, 15) is 14.4 Å². The van der Waals surface area contributed by atoms with Gasteiger partial charge in [-0.15, -0.1) is 0 Å². The van der Waals surface area contributed by atoms with Crippen molar-refractivity contribution in [3.05, 3.63) is 12.7 Å². The largest absolute Gasteiger partial charge is 0.461 e. The monoisotopic (exact) mass is 253 g/mol. The zero-order valence-corrected chi connectivity index (χ0v) is 10.3. The zero-order chi connectivity index (χ0) is 13.1. The summed E-state index contributed by atoms with van der Waals surface area (Å²) in [5.74, 6) is -1.01. The van der Waals surface area contributed by atoms with Crippen LogP contribution < -0.4 is 0 Å². The molecule has 0 aromatic heterocycles. The van der Waals surface area contributed by atoms with Crippen LogP contribution in [0.5, 0.6) is 0 Å². The Morgan fingerprint density at radius 2 is 1.89 bits per heavy atom. The summed E-state index contributed by atoms with van der Waals surface area (Å²) in [5, 5.41) is 0. The molecule has 1 saturated carbocycles. The van der Waals surface area contributed by atoms with E-state index < -0.39 is 5.97 Å². The molecule has 0 spiro atoms. The first-order valence-corrected chi connectivity index (χ1v) is 6.29. The van der Waals surface area contributed by atoms with E-state index >= 15 is 0 Å². The first kappa shape index (κ1) is 12.8. The van der Waals surface area contributed by atoms with Crippen LogP contribution in [0.2, 0.25) is 0 Å². The average molecular weight is 253 g/mol. The van der Waals surface area contributed by atoms with Crippen molar-refractivity contribution in [1.82, 2.24) is 4.90 Å². The number of hydrogen-bond donors (Lipinski definition) is 0. The third-order valence-electron chi connectivity index (χ3n) is 3.66. The van der Waals surface area contributed by atoms with Crippen molar-refractivity contribution in [2.45, 2.75) is 25.7 Å². The van der Waals surface area contributed by atoms with Crippen molar-refractivity contribution in [1.29, 1.82) is 0 Å². The predicted octanol–water partition coefficient (Wildman–Crippen LogP) is 1.14. The van der Waals surface area contributed by atoms with Crippen LogP contribution in [0.4, 0.5) is 0 Å². The molecule has 5 nitrogen and oxygen atoms in total. The molecule has 1 aliphatic heterocycles. The number of esters is 1. The van der Waals surface area contributed by atoms with Crippen LogP contribution in [0, 0.1) is 11.8 Å². The summed E-state index contributed by atoms with van der Waals surface area (Å²) in [7, 11) is 0. The van der Waals surface area contributed by atoms with Crippen LogP contribution in [0.25, 0.3) is 0 Å². The maximum atomic E-state index is 12.0.